The van der Waals surface area contributed by atoms with Gasteiger partial charge in [-0.25, -0.2) is 0 Å². The van der Waals surface area contributed by atoms with E-state index in [4.69, 9.17) is 9.47 Å². The van der Waals surface area contributed by atoms with E-state index in [1.54, 1.807) is 14.2 Å². The lowest BCUT2D eigenvalue weighted by Crippen LogP contribution is -2.18. The summed E-state index contributed by atoms with van der Waals surface area (Å²) in [5, 5.41) is 12.7. The third kappa shape index (κ3) is 3.11. The van der Waals surface area contributed by atoms with Crippen LogP contribution in [0.4, 0.5) is 5.13 Å². The zero-order chi connectivity index (χ0) is 16.4. The number of nitrogens with zero attached hydrogens (tertiary/aromatic N) is 3. The lowest BCUT2D eigenvalue weighted by molar-refractivity contribution is -0.116. The molecule has 7 nitrogen and oxygen atoms in total. The van der Waals surface area contributed by atoms with Crippen LogP contribution in [0.3, 0.4) is 0 Å². The Morgan fingerprint density at radius 3 is 2.78 bits per heavy atom. The van der Waals surface area contributed by atoms with Crippen LogP contribution in [0.25, 0.3) is 10.9 Å². The van der Waals surface area contributed by atoms with Crippen molar-refractivity contribution in [3.8, 4) is 11.5 Å². The number of benzene rings is 1. The van der Waals surface area contributed by atoms with Crippen LogP contribution in [-0.4, -0.2) is 34.9 Å². The molecular formula is C15H16N4O3S. The Labute approximate surface area is 136 Å². The van der Waals surface area contributed by atoms with E-state index >= 15 is 0 Å². The second-order valence-corrected chi connectivity index (χ2v) is 6.06. The summed E-state index contributed by atoms with van der Waals surface area (Å²) in [6, 6.07) is 5.60. The second kappa shape index (κ2) is 6.25. The summed E-state index contributed by atoms with van der Waals surface area (Å²) < 4.78 is 12.5. The maximum absolute atomic E-state index is 12.2. The van der Waals surface area contributed by atoms with Crippen LogP contribution in [-0.2, 0) is 11.3 Å². The van der Waals surface area contributed by atoms with Crippen molar-refractivity contribution in [2.75, 3.05) is 19.5 Å². The number of nitrogens with one attached hydrogen (secondary N) is 1. The van der Waals surface area contributed by atoms with Gasteiger partial charge in [0.25, 0.3) is 0 Å². The first kappa shape index (κ1) is 15.3. The molecule has 3 aromatic rings. The van der Waals surface area contributed by atoms with Crippen molar-refractivity contribution in [3.05, 3.63) is 29.4 Å². The van der Waals surface area contributed by atoms with Gasteiger partial charge >= 0.3 is 0 Å². The number of carbonyl (C=O) groups excluding carboxylic acids is 1. The molecule has 0 atom stereocenters. The number of ether oxygens (including phenoxy) is 2. The monoisotopic (exact) mass is 332 g/mol. The highest BCUT2D eigenvalue weighted by Crippen LogP contribution is 2.31. The van der Waals surface area contributed by atoms with E-state index in [0.717, 1.165) is 15.9 Å². The molecule has 1 aromatic carbocycles. The molecule has 0 bridgehead atoms. The SMILES string of the molecule is COc1cc(OC)c2ccn(CC(=O)Nc3nnc(C)s3)c2c1. The van der Waals surface area contributed by atoms with Gasteiger partial charge in [0.15, 0.2) is 0 Å². The van der Waals surface area contributed by atoms with Gasteiger partial charge < -0.3 is 14.0 Å². The lowest BCUT2D eigenvalue weighted by Gasteiger charge is -2.09. The Morgan fingerprint density at radius 2 is 2.13 bits per heavy atom. The summed E-state index contributed by atoms with van der Waals surface area (Å²) in [7, 11) is 3.20. The van der Waals surface area contributed by atoms with Crippen molar-refractivity contribution >= 4 is 33.3 Å². The molecule has 1 amide bonds. The molecular weight excluding hydrogens is 316 g/mol. The van der Waals surface area contributed by atoms with Crippen LogP contribution in [0, 0.1) is 6.92 Å². The molecule has 0 aliphatic heterocycles. The predicted molar refractivity (Wildman–Crippen MR) is 88.3 cm³/mol. The minimum absolute atomic E-state index is 0.165. The van der Waals surface area contributed by atoms with E-state index in [1.807, 2.05) is 35.9 Å². The van der Waals surface area contributed by atoms with Gasteiger partial charge in [-0.15, -0.1) is 10.2 Å². The summed E-state index contributed by atoms with van der Waals surface area (Å²) in [5.41, 5.74) is 0.866. The highest BCUT2D eigenvalue weighted by atomic mass is 32.1. The van der Waals surface area contributed by atoms with Gasteiger partial charge in [0, 0.05) is 23.7 Å². The van der Waals surface area contributed by atoms with Crippen LogP contribution in [0.15, 0.2) is 24.4 Å². The van der Waals surface area contributed by atoms with Crippen LogP contribution in [0.5, 0.6) is 11.5 Å². The van der Waals surface area contributed by atoms with Crippen LogP contribution < -0.4 is 14.8 Å². The molecule has 120 valence electrons. The quantitative estimate of drug-likeness (QED) is 0.776. The van der Waals surface area contributed by atoms with E-state index in [9.17, 15) is 4.79 Å². The number of aromatic nitrogens is 3. The number of aryl methyl sites for hydroxylation is 1. The van der Waals surface area contributed by atoms with E-state index in [0.29, 0.717) is 16.6 Å². The molecule has 2 aromatic heterocycles. The van der Waals surface area contributed by atoms with Gasteiger partial charge in [0.1, 0.15) is 23.1 Å². The van der Waals surface area contributed by atoms with E-state index in [1.165, 1.54) is 11.3 Å². The maximum atomic E-state index is 12.2. The molecule has 0 radical (unpaired) electrons. The lowest BCUT2D eigenvalue weighted by atomic mass is 10.2. The number of methoxy groups -OCH3 is 2. The number of amides is 1. The summed E-state index contributed by atoms with van der Waals surface area (Å²) in [5.74, 6) is 1.22. The molecule has 2 heterocycles. The van der Waals surface area contributed by atoms with Gasteiger partial charge in [0.05, 0.1) is 19.7 Å². The van der Waals surface area contributed by atoms with Crippen LogP contribution in [0.1, 0.15) is 5.01 Å². The normalized spacial score (nSPS) is 10.7. The van der Waals surface area contributed by atoms with E-state index < -0.39 is 0 Å². The van der Waals surface area contributed by atoms with E-state index in [-0.39, 0.29) is 12.5 Å². The van der Waals surface area contributed by atoms with Crippen molar-refractivity contribution in [1.29, 1.82) is 0 Å². The number of hydrogen-bond acceptors (Lipinski definition) is 6. The number of fused-ring (bicyclic) bond motifs is 1. The first-order valence-electron chi connectivity index (χ1n) is 6.91. The molecule has 0 aliphatic rings. The van der Waals surface area contributed by atoms with Gasteiger partial charge in [-0.2, -0.15) is 0 Å². The zero-order valence-electron chi connectivity index (χ0n) is 13.0. The van der Waals surface area contributed by atoms with Gasteiger partial charge in [-0.05, 0) is 13.0 Å². The molecule has 0 saturated heterocycles. The summed E-state index contributed by atoms with van der Waals surface area (Å²) >= 11 is 1.34. The molecule has 0 unspecified atom stereocenters. The highest BCUT2D eigenvalue weighted by molar-refractivity contribution is 7.15. The first-order valence-corrected chi connectivity index (χ1v) is 7.73. The Balaban J connectivity index is 1.86. The number of rotatable bonds is 5. The average Bonchev–Trinajstić information content (AvgIpc) is 3.13. The molecule has 3 rings (SSSR count). The largest absolute Gasteiger partial charge is 0.497 e. The molecule has 0 spiro atoms. The number of anilines is 1. The third-order valence-corrected chi connectivity index (χ3v) is 4.12. The Hall–Kier alpha value is -2.61. The van der Waals surface area contributed by atoms with Crippen molar-refractivity contribution in [1.82, 2.24) is 14.8 Å². The minimum Gasteiger partial charge on any atom is -0.497 e. The molecule has 0 fully saturated rings. The van der Waals surface area contributed by atoms with Crippen molar-refractivity contribution in [3.63, 3.8) is 0 Å². The van der Waals surface area contributed by atoms with Crippen molar-refractivity contribution in [2.24, 2.45) is 0 Å². The van der Waals surface area contributed by atoms with Crippen LogP contribution >= 0.6 is 11.3 Å². The first-order chi connectivity index (χ1) is 11.1. The second-order valence-electron chi connectivity index (χ2n) is 4.88. The number of hydrogen-bond donors (Lipinski definition) is 1. The van der Waals surface area contributed by atoms with Gasteiger partial charge in [0.2, 0.25) is 11.0 Å². The predicted octanol–water partition coefficient (Wildman–Crippen LogP) is 2.46. The third-order valence-electron chi connectivity index (χ3n) is 3.37. The Morgan fingerprint density at radius 1 is 1.30 bits per heavy atom. The molecule has 1 N–H and O–H groups in total. The zero-order valence-corrected chi connectivity index (χ0v) is 13.8. The molecule has 23 heavy (non-hydrogen) atoms. The van der Waals surface area contributed by atoms with Gasteiger partial charge in [-0.3, -0.25) is 10.1 Å². The van der Waals surface area contributed by atoms with E-state index in [2.05, 4.69) is 15.5 Å². The summed E-state index contributed by atoms with van der Waals surface area (Å²) in [6.07, 6.45) is 1.84. The van der Waals surface area contributed by atoms with Gasteiger partial charge in [-0.1, -0.05) is 11.3 Å². The fraction of sp³-hybridized carbons (Fsp3) is 0.267. The molecule has 0 saturated carbocycles. The summed E-state index contributed by atoms with van der Waals surface area (Å²) in [6.45, 7) is 2.00. The van der Waals surface area contributed by atoms with Crippen LogP contribution in [0.2, 0.25) is 0 Å². The minimum atomic E-state index is -0.166. The number of carbonyl (C=O) groups is 1. The highest BCUT2D eigenvalue weighted by Gasteiger charge is 2.13. The smallest absolute Gasteiger partial charge is 0.246 e. The summed E-state index contributed by atoms with van der Waals surface area (Å²) in [4.78, 5) is 12.2. The molecule has 0 aliphatic carbocycles. The maximum Gasteiger partial charge on any atom is 0.246 e. The fourth-order valence-corrected chi connectivity index (χ4v) is 2.93. The standard InChI is InChI=1S/C15H16N4O3S/c1-9-17-18-15(23-9)16-14(20)8-19-5-4-11-12(19)6-10(21-2)7-13(11)22-3/h4-7H,8H2,1-3H3,(H,16,18,20). The Bertz CT molecular complexity index is 856. The van der Waals surface area contributed by atoms with Crippen molar-refractivity contribution in [2.45, 2.75) is 13.5 Å². The fourth-order valence-electron chi connectivity index (χ4n) is 2.32. The average molecular weight is 332 g/mol. The van der Waals surface area contributed by atoms with Crippen molar-refractivity contribution < 1.29 is 14.3 Å². The Kier molecular flexibility index (Phi) is 4.16. The molecule has 8 heteroatoms. The topological polar surface area (TPSA) is 78.3 Å².